The molecule has 0 bridgehead atoms. The molecule has 0 spiro atoms. The number of benzene rings is 1. The molecule has 1 fully saturated rings. The van der Waals surface area contributed by atoms with Crippen molar-refractivity contribution >= 4 is 40.0 Å². The number of nitrogens with zero attached hydrogens (tertiary/aromatic N) is 3. The van der Waals surface area contributed by atoms with E-state index >= 15 is 0 Å². The third-order valence-corrected chi connectivity index (χ3v) is 8.71. The zero-order valence-corrected chi connectivity index (χ0v) is 21.5. The molecule has 0 amide bonds. The van der Waals surface area contributed by atoms with Crippen molar-refractivity contribution in [2.45, 2.75) is 36.4 Å². The van der Waals surface area contributed by atoms with E-state index in [1.54, 1.807) is 7.11 Å². The highest BCUT2D eigenvalue weighted by Gasteiger charge is 2.25. The second-order valence-electron chi connectivity index (χ2n) is 8.62. The van der Waals surface area contributed by atoms with Crippen LogP contribution in [0, 0.1) is 0 Å². The molecule has 0 saturated carbocycles. The molecule has 34 heavy (non-hydrogen) atoms. The summed E-state index contributed by atoms with van der Waals surface area (Å²) in [6.45, 7) is 7.64. The summed E-state index contributed by atoms with van der Waals surface area (Å²) >= 11 is 3.77. The second kappa shape index (κ2) is 12.0. The van der Waals surface area contributed by atoms with Gasteiger partial charge in [0.15, 0.2) is 0 Å². The minimum atomic E-state index is -0.923. The van der Waals surface area contributed by atoms with Crippen molar-refractivity contribution in [3.63, 3.8) is 0 Å². The van der Waals surface area contributed by atoms with E-state index in [1.165, 1.54) is 10.4 Å². The fraction of sp³-hybridized carbons (Fsp3) is 0.462. The number of carbonyl (C=O) groups is 1. The molecule has 1 unspecified atom stereocenters. The van der Waals surface area contributed by atoms with Crippen molar-refractivity contribution in [1.29, 1.82) is 0 Å². The van der Waals surface area contributed by atoms with Crippen molar-refractivity contribution in [2.24, 2.45) is 0 Å². The zero-order valence-electron chi connectivity index (χ0n) is 19.9. The van der Waals surface area contributed by atoms with Crippen molar-refractivity contribution in [2.75, 3.05) is 45.6 Å². The third kappa shape index (κ3) is 6.10. The summed E-state index contributed by atoms with van der Waals surface area (Å²) < 4.78 is 6.77. The Hall–Kier alpha value is -2.13. The smallest absolute Gasteiger partial charge is 0.337 e. The predicted molar refractivity (Wildman–Crippen MR) is 141 cm³/mol. The van der Waals surface area contributed by atoms with Gasteiger partial charge in [-0.3, -0.25) is 14.8 Å². The SMILES string of the molecule is CCC1CN(CCSc2cccs2)CCN1CCCc1c(C(=O)O)cnc2ccc(OC)cc12. The molecule has 6 nitrogen and oxygen atoms in total. The summed E-state index contributed by atoms with van der Waals surface area (Å²) in [4.78, 5) is 21.4. The molecule has 8 heteroatoms. The minimum absolute atomic E-state index is 0.292. The number of piperazine rings is 1. The lowest BCUT2D eigenvalue weighted by atomic mass is 9.98. The average Bonchev–Trinajstić information content (AvgIpc) is 3.37. The number of pyridine rings is 1. The molecule has 4 rings (SSSR count). The molecule has 1 N–H and O–H groups in total. The van der Waals surface area contributed by atoms with Crippen LogP contribution in [0.5, 0.6) is 5.75 Å². The van der Waals surface area contributed by atoms with Gasteiger partial charge in [-0.2, -0.15) is 0 Å². The van der Waals surface area contributed by atoms with E-state index in [2.05, 4.69) is 39.2 Å². The van der Waals surface area contributed by atoms with Crippen LogP contribution in [0.3, 0.4) is 0 Å². The Kier molecular flexibility index (Phi) is 8.83. The van der Waals surface area contributed by atoms with Crippen LogP contribution in [0.1, 0.15) is 35.7 Å². The van der Waals surface area contributed by atoms with Gasteiger partial charge in [0.05, 0.1) is 22.4 Å². The monoisotopic (exact) mass is 499 g/mol. The van der Waals surface area contributed by atoms with Gasteiger partial charge in [0.25, 0.3) is 0 Å². The number of hydrogen-bond acceptors (Lipinski definition) is 7. The first-order valence-electron chi connectivity index (χ1n) is 11.9. The van der Waals surface area contributed by atoms with Gasteiger partial charge in [0, 0.05) is 49.6 Å². The molecule has 1 atom stereocenters. The fourth-order valence-electron chi connectivity index (χ4n) is 4.73. The van der Waals surface area contributed by atoms with Crippen LogP contribution < -0.4 is 4.74 Å². The molecule has 1 aliphatic rings. The van der Waals surface area contributed by atoms with Crippen molar-refractivity contribution in [1.82, 2.24) is 14.8 Å². The number of thioether (sulfide) groups is 1. The normalized spacial score (nSPS) is 17.3. The first-order valence-corrected chi connectivity index (χ1v) is 13.8. The topological polar surface area (TPSA) is 65.9 Å². The molecule has 1 aliphatic heterocycles. The van der Waals surface area contributed by atoms with Crippen LogP contribution in [0.4, 0.5) is 0 Å². The Morgan fingerprint density at radius 1 is 1.29 bits per heavy atom. The summed E-state index contributed by atoms with van der Waals surface area (Å²) in [5.74, 6) is 0.929. The Bertz CT molecular complexity index is 1090. The highest BCUT2D eigenvalue weighted by molar-refractivity contribution is 8.01. The predicted octanol–water partition coefficient (Wildman–Crippen LogP) is 5.12. The Morgan fingerprint density at radius 3 is 2.91 bits per heavy atom. The molecule has 1 saturated heterocycles. The van der Waals surface area contributed by atoms with Gasteiger partial charge in [0.1, 0.15) is 5.75 Å². The number of rotatable bonds is 11. The molecule has 0 radical (unpaired) electrons. The zero-order chi connectivity index (χ0) is 23.9. The third-order valence-electron chi connectivity index (χ3n) is 6.60. The molecule has 3 aromatic rings. The Labute approximate surface area is 209 Å². The molecule has 0 aliphatic carbocycles. The maximum atomic E-state index is 11.9. The maximum absolute atomic E-state index is 11.9. The van der Waals surface area contributed by atoms with Gasteiger partial charge in [-0.25, -0.2) is 4.79 Å². The number of carboxylic acid groups (broad SMARTS) is 1. The van der Waals surface area contributed by atoms with E-state index in [9.17, 15) is 9.90 Å². The lowest BCUT2D eigenvalue weighted by Crippen LogP contribution is -2.53. The van der Waals surface area contributed by atoms with E-state index in [4.69, 9.17) is 4.74 Å². The largest absolute Gasteiger partial charge is 0.497 e. The highest BCUT2D eigenvalue weighted by atomic mass is 32.2. The number of ether oxygens (including phenoxy) is 1. The summed E-state index contributed by atoms with van der Waals surface area (Å²) in [5, 5.41) is 12.8. The quantitative estimate of drug-likeness (QED) is 0.367. The fourth-order valence-corrected chi connectivity index (χ4v) is 6.59. The van der Waals surface area contributed by atoms with Crippen LogP contribution >= 0.6 is 23.1 Å². The average molecular weight is 500 g/mol. The first-order chi connectivity index (χ1) is 16.6. The number of fused-ring (bicyclic) bond motifs is 1. The molecular formula is C26H33N3O3S2. The Morgan fingerprint density at radius 2 is 2.18 bits per heavy atom. The number of aryl methyl sites for hydroxylation is 1. The van der Waals surface area contributed by atoms with Crippen LogP contribution in [0.25, 0.3) is 10.9 Å². The number of thiophene rings is 1. The van der Waals surface area contributed by atoms with E-state index < -0.39 is 5.97 Å². The van der Waals surface area contributed by atoms with E-state index in [1.807, 2.05) is 41.3 Å². The summed E-state index contributed by atoms with van der Waals surface area (Å²) in [5.41, 5.74) is 1.95. The standard InChI is InChI=1S/C26H33N3O3S2/c1-3-19-18-28(13-15-34-25-7-5-14-33-25)11-12-29(19)10-4-6-21-22-16-20(32-2)8-9-24(22)27-17-23(21)26(30)31/h5,7-9,14,16-17,19H,3-4,6,10-13,15,18H2,1-2H3,(H,30,31). The van der Waals surface area contributed by atoms with Crippen molar-refractivity contribution in [3.8, 4) is 5.75 Å². The molecule has 182 valence electrons. The number of methoxy groups -OCH3 is 1. The van der Waals surface area contributed by atoms with Crippen molar-refractivity contribution < 1.29 is 14.6 Å². The van der Waals surface area contributed by atoms with Gasteiger partial charge >= 0.3 is 5.97 Å². The summed E-state index contributed by atoms with van der Waals surface area (Å²) in [7, 11) is 1.63. The van der Waals surface area contributed by atoms with Crippen LogP contribution in [-0.4, -0.2) is 77.5 Å². The van der Waals surface area contributed by atoms with E-state index in [0.717, 1.165) is 73.5 Å². The number of aromatic carboxylic acids is 1. The van der Waals surface area contributed by atoms with E-state index in [-0.39, 0.29) is 0 Å². The van der Waals surface area contributed by atoms with E-state index in [0.29, 0.717) is 18.0 Å². The minimum Gasteiger partial charge on any atom is -0.497 e. The molecule has 1 aromatic carbocycles. The van der Waals surface area contributed by atoms with Gasteiger partial charge in [-0.05, 0) is 61.0 Å². The van der Waals surface area contributed by atoms with Crippen LogP contribution in [-0.2, 0) is 6.42 Å². The van der Waals surface area contributed by atoms with Gasteiger partial charge < -0.3 is 9.84 Å². The molecule has 2 aromatic heterocycles. The highest BCUT2D eigenvalue weighted by Crippen LogP contribution is 2.27. The lowest BCUT2D eigenvalue weighted by Gasteiger charge is -2.41. The first kappa shape index (κ1) is 25.0. The van der Waals surface area contributed by atoms with Gasteiger partial charge in [-0.1, -0.05) is 13.0 Å². The summed E-state index contributed by atoms with van der Waals surface area (Å²) in [6, 6.07) is 10.5. The van der Waals surface area contributed by atoms with Gasteiger partial charge in [0.2, 0.25) is 0 Å². The van der Waals surface area contributed by atoms with Gasteiger partial charge in [-0.15, -0.1) is 23.1 Å². The Balaban J connectivity index is 1.35. The van der Waals surface area contributed by atoms with Crippen molar-refractivity contribution in [3.05, 3.63) is 53.0 Å². The maximum Gasteiger partial charge on any atom is 0.337 e. The number of carboxylic acids is 1. The number of hydrogen-bond donors (Lipinski definition) is 1. The summed E-state index contributed by atoms with van der Waals surface area (Å²) in [6.07, 6.45) is 4.25. The lowest BCUT2D eigenvalue weighted by molar-refractivity contribution is 0.0693. The molecule has 3 heterocycles. The van der Waals surface area contributed by atoms with Crippen LogP contribution in [0.2, 0.25) is 0 Å². The van der Waals surface area contributed by atoms with Crippen LogP contribution in [0.15, 0.2) is 46.1 Å². The number of aromatic nitrogens is 1. The molecular weight excluding hydrogens is 466 g/mol. The second-order valence-corrected chi connectivity index (χ2v) is 11.0.